The number of nitrogens with zero attached hydrogens (tertiary/aromatic N) is 3. The fraction of sp³-hybridized carbons (Fsp3) is 0.727. The topological polar surface area (TPSA) is 64.4 Å². The number of fused-ring (bicyclic) bond motifs is 1. The van der Waals surface area contributed by atoms with E-state index in [1.54, 1.807) is 20.2 Å². The molecule has 1 aliphatic heterocycles. The molecular weight excluding hydrogens is 254 g/mol. The number of aromatic nitrogens is 2. The molecule has 0 aliphatic carbocycles. The van der Waals surface area contributed by atoms with Gasteiger partial charge in [0.2, 0.25) is 10.0 Å². The molecule has 7 heteroatoms. The van der Waals surface area contributed by atoms with E-state index in [-0.39, 0.29) is 11.7 Å². The van der Waals surface area contributed by atoms with Crippen LogP contribution in [0.1, 0.15) is 12.7 Å². The Hall–Kier alpha value is -0.920. The summed E-state index contributed by atoms with van der Waals surface area (Å²) in [5.41, 5.74) is 0. The van der Waals surface area contributed by atoms with Crippen LogP contribution in [-0.4, -0.2) is 48.3 Å². The summed E-state index contributed by atoms with van der Waals surface area (Å²) in [4.78, 5) is 4.23. The molecule has 0 amide bonds. The van der Waals surface area contributed by atoms with Crippen molar-refractivity contribution in [1.82, 2.24) is 13.9 Å². The van der Waals surface area contributed by atoms with Gasteiger partial charge in [-0.1, -0.05) is 0 Å². The van der Waals surface area contributed by atoms with Crippen LogP contribution in [0.4, 0.5) is 0 Å². The molecular formula is C11H19N3O3S. The normalized spacial score (nSPS) is 21.6. The maximum atomic E-state index is 12.0. The first-order valence-electron chi connectivity index (χ1n) is 6.03. The van der Waals surface area contributed by atoms with Crippen LogP contribution in [0.5, 0.6) is 0 Å². The van der Waals surface area contributed by atoms with Crippen LogP contribution in [0.2, 0.25) is 0 Å². The van der Waals surface area contributed by atoms with E-state index in [4.69, 9.17) is 4.74 Å². The summed E-state index contributed by atoms with van der Waals surface area (Å²) in [6.07, 6.45) is 3.60. The van der Waals surface area contributed by atoms with Gasteiger partial charge in [-0.15, -0.1) is 0 Å². The third-order valence-corrected chi connectivity index (χ3v) is 4.99. The SMILES string of the molecule is CCS(=O)(=O)N1Cc2nccn2C[C@@H](COC)C1. The molecule has 0 N–H and O–H groups in total. The summed E-state index contributed by atoms with van der Waals surface area (Å²) in [5.74, 6) is 1.07. The van der Waals surface area contributed by atoms with Gasteiger partial charge in [-0.25, -0.2) is 13.4 Å². The summed E-state index contributed by atoms with van der Waals surface area (Å²) in [6, 6.07) is 0. The van der Waals surface area contributed by atoms with Crippen LogP contribution >= 0.6 is 0 Å². The molecule has 2 rings (SSSR count). The molecule has 6 nitrogen and oxygen atoms in total. The Labute approximate surface area is 108 Å². The van der Waals surface area contributed by atoms with Gasteiger partial charge in [-0.05, 0) is 6.92 Å². The van der Waals surface area contributed by atoms with Crippen LogP contribution in [0.15, 0.2) is 12.4 Å². The highest BCUT2D eigenvalue weighted by Crippen LogP contribution is 2.18. The predicted molar refractivity (Wildman–Crippen MR) is 67.5 cm³/mol. The third kappa shape index (κ3) is 2.73. The monoisotopic (exact) mass is 273 g/mol. The average molecular weight is 273 g/mol. The van der Waals surface area contributed by atoms with Crippen molar-refractivity contribution in [2.75, 3.05) is 26.0 Å². The number of methoxy groups -OCH3 is 1. The van der Waals surface area contributed by atoms with Gasteiger partial charge >= 0.3 is 0 Å². The summed E-state index contributed by atoms with van der Waals surface area (Å²) in [5, 5.41) is 0. The minimum atomic E-state index is -3.19. The molecule has 0 bridgehead atoms. The second-order valence-electron chi connectivity index (χ2n) is 4.51. The first-order chi connectivity index (χ1) is 8.56. The highest BCUT2D eigenvalue weighted by atomic mass is 32.2. The lowest BCUT2D eigenvalue weighted by Crippen LogP contribution is -2.36. The molecule has 1 aromatic heterocycles. The summed E-state index contributed by atoms with van der Waals surface area (Å²) >= 11 is 0. The lowest BCUT2D eigenvalue weighted by molar-refractivity contribution is 0.135. The van der Waals surface area contributed by atoms with Crippen molar-refractivity contribution in [1.29, 1.82) is 0 Å². The van der Waals surface area contributed by atoms with Gasteiger partial charge in [-0.2, -0.15) is 4.31 Å². The van der Waals surface area contributed by atoms with E-state index in [9.17, 15) is 8.42 Å². The van der Waals surface area contributed by atoms with Gasteiger partial charge in [0.1, 0.15) is 5.82 Å². The van der Waals surface area contributed by atoms with E-state index in [1.807, 2.05) is 10.8 Å². The van der Waals surface area contributed by atoms with Crippen molar-refractivity contribution >= 4 is 10.0 Å². The Morgan fingerprint density at radius 2 is 2.28 bits per heavy atom. The highest BCUT2D eigenvalue weighted by Gasteiger charge is 2.29. The largest absolute Gasteiger partial charge is 0.384 e. The first-order valence-corrected chi connectivity index (χ1v) is 7.64. The summed E-state index contributed by atoms with van der Waals surface area (Å²) < 4.78 is 32.8. The molecule has 1 atom stereocenters. The fourth-order valence-electron chi connectivity index (χ4n) is 2.24. The van der Waals surface area contributed by atoms with Crippen LogP contribution in [0.3, 0.4) is 0 Å². The second-order valence-corrected chi connectivity index (χ2v) is 6.77. The molecule has 1 aromatic rings. The minimum absolute atomic E-state index is 0.118. The van der Waals surface area contributed by atoms with Crippen molar-refractivity contribution in [3.05, 3.63) is 18.2 Å². The fourth-order valence-corrected chi connectivity index (χ4v) is 3.35. The van der Waals surface area contributed by atoms with Gasteiger partial charge in [0.15, 0.2) is 0 Å². The van der Waals surface area contributed by atoms with Crippen molar-refractivity contribution < 1.29 is 13.2 Å². The minimum Gasteiger partial charge on any atom is -0.384 e. The molecule has 102 valence electrons. The number of sulfonamides is 1. The number of imidazole rings is 1. The average Bonchev–Trinajstić information content (AvgIpc) is 2.68. The maximum absolute atomic E-state index is 12.0. The zero-order valence-electron chi connectivity index (χ0n) is 10.7. The third-order valence-electron chi connectivity index (χ3n) is 3.20. The summed E-state index contributed by atoms with van der Waals surface area (Å²) in [6.45, 7) is 3.81. The van der Waals surface area contributed by atoms with Gasteiger partial charge in [0.05, 0.1) is 18.9 Å². The Kier molecular flexibility index (Phi) is 4.04. The molecule has 0 aromatic carbocycles. The Morgan fingerprint density at radius 3 is 2.94 bits per heavy atom. The zero-order chi connectivity index (χ0) is 13.2. The van der Waals surface area contributed by atoms with Gasteiger partial charge < -0.3 is 9.30 Å². The molecule has 1 aliphatic rings. The van der Waals surface area contributed by atoms with Gasteiger partial charge in [-0.3, -0.25) is 0 Å². The predicted octanol–water partition coefficient (Wildman–Crippen LogP) is 0.311. The number of rotatable bonds is 4. The highest BCUT2D eigenvalue weighted by molar-refractivity contribution is 7.89. The standard InChI is InChI=1S/C11H19N3O3S/c1-3-18(15,16)14-7-10(9-17-2)6-13-5-4-12-11(13)8-14/h4-5,10H,3,6-9H2,1-2H3/t10-/m1/s1. The van der Waals surface area contributed by atoms with E-state index in [1.165, 1.54) is 4.31 Å². The molecule has 0 radical (unpaired) electrons. The molecule has 0 saturated heterocycles. The molecule has 0 spiro atoms. The number of hydrogen-bond acceptors (Lipinski definition) is 4. The van der Waals surface area contributed by atoms with Gasteiger partial charge in [0, 0.05) is 38.5 Å². The van der Waals surface area contributed by atoms with E-state index < -0.39 is 10.0 Å². The molecule has 0 fully saturated rings. The molecule has 18 heavy (non-hydrogen) atoms. The quantitative estimate of drug-likeness (QED) is 0.792. The van der Waals surface area contributed by atoms with E-state index in [2.05, 4.69) is 4.98 Å². The second kappa shape index (κ2) is 5.38. The Bertz CT molecular complexity index is 497. The maximum Gasteiger partial charge on any atom is 0.214 e. The van der Waals surface area contributed by atoms with Crippen molar-refractivity contribution in [3.63, 3.8) is 0 Å². The van der Waals surface area contributed by atoms with Crippen molar-refractivity contribution in [3.8, 4) is 0 Å². The van der Waals surface area contributed by atoms with Crippen LogP contribution in [-0.2, 0) is 27.8 Å². The van der Waals surface area contributed by atoms with Gasteiger partial charge in [0.25, 0.3) is 0 Å². The number of hydrogen-bond donors (Lipinski definition) is 0. The van der Waals surface area contributed by atoms with Crippen LogP contribution in [0, 0.1) is 5.92 Å². The summed E-state index contributed by atoms with van der Waals surface area (Å²) in [7, 11) is -1.55. The lowest BCUT2D eigenvalue weighted by Gasteiger charge is -2.22. The Morgan fingerprint density at radius 1 is 1.50 bits per heavy atom. The van der Waals surface area contributed by atoms with E-state index in [0.717, 1.165) is 12.4 Å². The molecule has 0 saturated carbocycles. The molecule has 0 unspecified atom stereocenters. The van der Waals surface area contributed by atoms with Crippen LogP contribution < -0.4 is 0 Å². The Balaban J connectivity index is 2.28. The molecule has 2 heterocycles. The van der Waals surface area contributed by atoms with Crippen molar-refractivity contribution in [2.45, 2.75) is 20.0 Å². The van der Waals surface area contributed by atoms with E-state index in [0.29, 0.717) is 19.7 Å². The lowest BCUT2D eigenvalue weighted by atomic mass is 10.1. The van der Waals surface area contributed by atoms with Crippen molar-refractivity contribution in [2.24, 2.45) is 5.92 Å². The zero-order valence-corrected chi connectivity index (χ0v) is 11.6. The van der Waals surface area contributed by atoms with Crippen LogP contribution in [0.25, 0.3) is 0 Å². The first kappa shape index (κ1) is 13.5. The van der Waals surface area contributed by atoms with E-state index >= 15 is 0 Å². The number of ether oxygens (including phenoxy) is 1. The smallest absolute Gasteiger partial charge is 0.214 e.